The molecule has 4 heteroatoms. The third-order valence-electron chi connectivity index (χ3n) is 3.83. The first-order valence-corrected chi connectivity index (χ1v) is 7.49. The Labute approximate surface area is 129 Å². The summed E-state index contributed by atoms with van der Waals surface area (Å²) in [6.07, 6.45) is 0.567. The summed E-state index contributed by atoms with van der Waals surface area (Å²) in [5, 5.41) is 12.8. The number of nitrogens with one attached hydrogen (secondary N) is 1. The van der Waals surface area contributed by atoms with Gasteiger partial charge in [0, 0.05) is 13.0 Å². The summed E-state index contributed by atoms with van der Waals surface area (Å²) in [6.45, 7) is 1.25. The minimum absolute atomic E-state index is 0.365. The zero-order valence-electron chi connectivity index (χ0n) is 12.3. The maximum atomic E-state index is 11.9. The van der Waals surface area contributed by atoms with Crippen molar-refractivity contribution in [3.05, 3.63) is 65.2 Å². The monoisotopic (exact) mass is 297 g/mol. The fourth-order valence-corrected chi connectivity index (χ4v) is 2.61. The van der Waals surface area contributed by atoms with Gasteiger partial charge in [-0.25, -0.2) is 0 Å². The van der Waals surface area contributed by atoms with Crippen molar-refractivity contribution >= 4 is 5.91 Å². The third kappa shape index (κ3) is 3.28. The number of carbonyl (C=O) groups excluding carboxylic acids is 1. The van der Waals surface area contributed by atoms with Gasteiger partial charge in [0.1, 0.15) is 5.75 Å². The number of carbonyl (C=O) groups is 1. The second-order valence-corrected chi connectivity index (χ2v) is 5.39. The van der Waals surface area contributed by atoms with Crippen LogP contribution in [-0.4, -0.2) is 24.2 Å². The van der Waals surface area contributed by atoms with E-state index in [4.69, 9.17) is 4.74 Å². The third-order valence-corrected chi connectivity index (χ3v) is 3.83. The number of benzene rings is 2. The molecule has 0 aliphatic carbocycles. The first kappa shape index (κ1) is 14.6. The zero-order valence-corrected chi connectivity index (χ0v) is 12.3. The van der Waals surface area contributed by atoms with Gasteiger partial charge in [0.25, 0.3) is 5.91 Å². The normalized spacial score (nSPS) is 14.0. The average Bonchev–Trinajstić information content (AvgIpc) is 3.02. The Hall–Kier alpha value is -2.33. The molecule has 0 bridgehead atoms. The molecule has 3 rings (SSSR count). The summed E-state index contributed by atoms with van der Waals surface area (Å²) in [6, 6.07) is 15.1. The molecule has 0 saturated carbocycles. The van der Waals surface area contributed by atoms with Crippen molar-refractivity contribution in [2.45, 2.75) is 18.9 Å². The summed E-state index contributed by atoms with van der Waals surface area (Å²) in [7, 11) is 0. The molecule has 22 heavy (non-hydrogen) atoms. The number of aliphatic hydroxyl groups excluding tert-OH is 1. The SMILES string of the molecule is O=C(NCCc1ccc2c(c1)CCO2)C(O)c1ccccc1. The van der Waals surface area contributed by atoms with Crippen LogP contribution in [0.4, 0.5) is 0 Å². The maximum absolute atomic E-state index is 11.9. The van der Waals surface area contributed by atoms with Gasteiger partial charge < -0.3 is 15.2 Å². The molecular formula is C18H19NO3. The van der Waals surface area contributed by atoms with E-state index in [0.29, 0.717) is 12.1 Å². The van der Waals surface area contributed by atoms with Gasteiger partial charge >= 0.3 is 0 Å². The summed E-state index contributed by atoms with van der Waals surface area (Å²) in [5.41, 5.74) is 3.00. The van der Waals surface area contributed by atoms with E-state index in [1.54, 1.807) is 24.3 Å². The molecule has 2 aromatic rings. The van der Waals surface area contributed by atoms with Gasteiger partial charge in [0.15, 0.2) is 6.10 Å². The van der Waals surface area contributed by atoms with E-state index in [9.17, 15) is 9.90 Å². The molecule has 0 saturated heterocycles. The van der Waals surface area contributed by atoms with E-state index in [2.05, 4.69) is 11.4 Å². The van der Waals surface area contributed by atoms with E-state index in [1.807, 2.05) is 18.2 Å². The lowest BCUT2D eigenvalue weighted by Gasteiger charge is -2.12. The van der Waals surface area contributed by atoms with Gasteiger partial charge in [0.2, 0.25) is 0 Å². The van der Waals surface area contributed by atoms with Crippen molar-refractivity contribution in [2.24, 2.45) is 0 Å². The fraction of sp³-hybridized carbons (Fsp3) is 0.278. The van der Waals surface area contributed by atoms with Gasteiger partial charge in [-0.3, -0.25) is 4.79 Å². The first-order valence-electron chi connectivity index (χ1n) is 7.49. The first-order chi connectivity index (χ1) is 10.7. The van der Waals surface area contributed by atoms with Crippen LogP contribution in [0, 0.1) is 0 Å². The maximum Gasteiger partial charge on any atom is 0.253 e. The summed E-state index contributed by atoms with van der Waals surface area (Å²) in [5.74, 6) is 0.600. The Balaban J connectivity index is 1.51. The molecule has 114 valence electrons. The Bertz CT molecular complexity index is 655. The quantitative estimate of drug-likeness (QED) is 0.887. The van der Waals surface area contributed by atoms with E-state index in [-0.39, 0.29) is 5.91 Å². The minimum atomic E-state index is -1.12. The minimum Gasteiger partial charge on any atom is -0.493 e. The molecule has 0 aromatic heterocycles. The van der Waals surface area contributed by atoms with Crippen LogP contribution in [-0.2, 0) is 17.6 Å². The molecule has 0 spiro atoms. The van der Waals surface area contributed by atoms with Crippen molar-refractivity contribution in [1.82, 2.24) is 5.32 Å². The summed E-state index contributed by atoms with van der Waals surface area (Å²) in [4.78, 5) is 11.9. The van der Waals surface area contributed by atoms with Crippen LogP contribution >= 0.6 is 0 Å². The molecule has 1 unspecified atom stereocenters. The van der Waals surface area contributed by atoms with Gasteiger partial charge in [-0.2, -0.15) is 0 Å². The molecule has 2 aromatic carbocycles. The van der Waals surface area contributed by atoms with Crippen LogP contribution < -0.4 is 10.1 Å². The second-order valence-electron chi connectivity index (χ2n) is 5.39. The van der Waals surface area contributed by atoms with E-state index in [1.165, 1.54) is 11.1 Å². The highest BCUT2D eigenvalue weighted by atomic mass is 16.5. The number of fused-ring (bicyclic) bond motifs is 1. The predicted molar refractivity (Wildman–Crippen MR) is 83.8 cm³/mol. The number of aliphatic hydroxyl groups is 1. The van der Waals surface area contributed by atoms with Crippen LogP contribution in [0.2, 0.25) is 0 Å². The summed E-state index contributed by atoms with van der Waals surface area (Å²) < 4.78 is 5.47. The highest BCUT2D eigenvalue weighted by Crippen LogP contribution is 2.25. The molecule has 1 aliphatic heterocycles. The van der Waals surface area contributed by atoms with Crippen molar-refractivity contribution in [2.75, 3.05) is 13.2 Å². The Morgan fingerprint density at radius 1 is 1.23 bits per heavy atom. The molecule has 0 radical (unpaired) electrons. The number of amides is 1. The lowest BCUT2D eigenvalue weighted by molar-refractivity contribution is -0.129. The van der Waals surface area contributed by atoms with Gasteiger partial charge in [-0.15, -0.1) is 0 Å². The van der Waals surface area contributed by atoms with Gasteiger partial charge in [-0.05, 0) is 29.2 Å². The molecule has 1 amide bonds. The highest BCUT2D eigenvalue weighted by molar-refractivity contribution is 5.81. The van der Waals surface area contributed by atoms with Crippen LogP contribution in [0.1, 0.15) is 22.8 Å². The topological polar surface area (TPSA) is 58.6 Å². The summed E-state index contributed by atoms with van der Waals surface area (Å²) >= 11 is 0. The Kier molecular flexibility index (Phi) is 4.39. The fourth-order valence-electron chi connectivity index (χ4n) is 2.61. The number of hydrogen-bond acceptors (Lipinski definition) is 3. The Morgan fingerprint density at radius 3 is 2.86 bits per heavy atom. The lowest BCUT2D eigenvalue weighted by Crippen LogP contribution is -2.30. The average molecular weight is 297 g/mol. The van der Waals surface area contributed by atoms with Gasteiger partial charge in [0.05, 0.1) is 6.61 Å². The molecular weight excluding hydrogens is 278 g/mol. The zero-order chi connectivity index (χ0) is 15.4. The van der Waals surface area contributed by atoms with Crippen molar-refractivity contribution in [1.29, 1.82) is 0 Å². The number of ether oxygens (including phenoxy) is 1. The molecule has 1 heterocycles. The van der Waals surface area contributed by atoms with Crippen LogP contribution in [0.25, 0.3) is 0 Å². The van der Waals surface area contributed by atoms with Crippen LogP contribution in [0.5, 0.6) is 5.75 Å². The molecule has 2 N–H and O–H groups in total. The van der Waals surface area contributed by atoms with Crippen molar-refractivity contribution < 1.29 is 14.6 Å². The standard InChI is InChI=1S/C18H19NO3/c20-17(14-4-2-1-3-5-14)18(21)19-10-8-13-6-7-16-15(12-13)9-11-22-16/h1-7,12,17,20H,8-11H2,(H,19,21). The predicted octanol–water partition coefficient (Wildman–Crippen LogP) is 2.01. The number of hydrogen-bond donors (Lipinski definition) is 2. The molecule has 0 fully saturated rings. The van der Waals surface area contributed by atoms with Crippen molar-refractivity contribution in [3.63, 3.8) is 0 Å². The molecule has 1 aliphatic rings. The highest BCUT2D eigenvalue weighted by Gasteiger charge is 2.16. The molecule has 4 nitrogen and oxygen atoms in total. The Morgan fingerprint density at radius 2 is 2.05 bits per heavy atom. The van der Waals surface area contributed by atoms with Crippen LogP contribution in [0.15, 0.2) is 48.5 Å². The van der Waals surface area contributed by atoms with Crippen LogP contribution in [0.3, 0.4) is 0 Å². The van der Waals surface area contributed by atoms with E-state index < -0.39 is 6.10 Å². The van der Waals surface area contributed by atoms with Gasteiger partial charge in [-0.1, -0.05) is 42.5 Å². The van der Waals surface area contributed by atoms with Crippen molar-refractivity contribution in [3.8, 4) is 5.75 Å². The smallest absolute Gasteiger partial charge is 0.253 e. The van der Waals surface area contributed by atoms with E-state index in [0.717, 1.165) is 25.2 Å². The molecule has 1 atom stereocenters. The number of rotatable bonds is 5. The largest absolute Gasteiger partial charge is 0.493 e. The lowest BCUT2D eigenvalue weighted by atomic mass is 10.1. The van der Waals surface area contributed by atoms with E-state index >= 15 is 0 Å². The second kappa shape index (κ2) is 6.62.